The molecule has 3 aromatic rings. The smallest absolute Gasteiger partial charge is 0.131 e. The molecule has 23 heavy (non-hydrogen) atoms. The van der Waals surface area contributed by atoms with Gasteiger partial charge in [0, 0.05) is 24.6 Å². The van der Waals surface area contributed by atoms with Gasteiger partial charge >= 0.3 is 0 Å². The summed E-state index contributed by atoms with van der Waals surface area (Å²) in [6.07, 6.45) is 7.58. The predicted molar refractivity (Wildman–Crippen MR) is 88.7 cm³/mol. The van der Waals surface area contributed by atoms with Crippen molar-refractivity contribution in [3.8, 4) is 11.4 Å². The van der Waals surface area contributed by atoms with Crippen molar-refractivity contribution in [1.29, 1.82) is 0 Å². The Kier molecular flexibility index (Phi) is 3.98. The third kappa shape index (κ3) is 3.47. The number of aromatic nitrogens is 6. The van der Waals surface area contributed by atoms with Gasteiger partial charge in [0.1, 0.15) is 5.69 Å². The van der Waals surface area contributed by atoms with Gasteiger partial charge in [0.2, 0.25) is 0 Å². The summed E-state index contributed by atoms with van der Waals surface area (Å²) < 4.78 is 4.02. The van der Waals surface area contributed by atoms with Crippen molar-refractivity contribution in [2.45, 2.75) is 40.3 Å². The second-order valence-electron chi connectivity index (χ2n) is 6.89. The van der Waals surface area contributed by atoms with E-state index in [1.165, 1.54) is 0 Å². The number of nitrogens with zero attached hydrogens (tertiary/aromatic N) is 6. The summed E-state index contributed by atoms with van der Waals surface area (Å²) in [7, 11) is 0. The summed E-state index contributed by atoms with van der Waals surface area (Å²) in [6.45, 7) is 9.40. The largest absolute Gasteiger partial charge is 0.335 e. The molecule has 0 fully saturated rings. The van der Waals surface area contributed by atoms with Crippen molar-refractivity contribution in [2.75, 3.05) is 0 Å². The van der Waals surface area contributed by atoms with Crippen LogP contribution in [0.25, 0.3) is 11.4 Å². The molecule has 0 aliphatic carbocycles. The van der Waals surface area contributed by atoms with Gasteiger partial charge in [0.15, 0.2) is 0 Å². The molecule has 0 radical (unpaired) electrons. The second kappa shape index (κ2) is 5.95. The maximum atomic E-state index is 4.52. The minimum absolute atomic E-state index is 0.0370. The maximum Gasteiger partial charge on any atom is 0.131 e. The molecule has 1 atom stereocenters. The molecule has 0 N–H and O–H groups in total. The van der Waals surface area contributed by atoms with E-state index in [1.54, 1.807) is 6.20 Å². The van der Waals surface area contributed by atoms with Crippen LogP contribution in [0.15, 0.2) is 43.1 Å². The van der Waals surface area contributed by atoms with Gasteiger partial charge in [0.25, 0.3) is 0 Å². The molecule has 6 heteroatoms. The van der Waals surface area contributed by atoms with Crippen LogP contribution in [0.1, 0.15) is 32.5 Å². The Balaban J connectivity index is 1.91. The average Bonchev–Trinajstić information content (AvgIpc) is 3.15. The van der Waals surface area contributed by atoms with Crippen molar-refractivity contribution >= 4 is 0 Å². The third-order valence-corrected chi connectivity index (χ3v) is 3.92. The van der Waals surface area contributed by atoms with E-state index in [0.29, 0.717) is 0 Å². The van der Waals surface area contributed by atoms with Crippen molar-refractivity contribution in [3.05, 3.63) is 48.8 Å². The van der Waals surface area contributed by atoms with Gasteiger partial charge in [-0.05, 0) is 24.5 Å². The number of rotatable bonds is 4. The number of aryl methyl sites for hydroxylation is 1. The molecule has 0 saturated heterocycles. The highest BCUT2D eigenvalue weighted by Gasteiger charge is 2.28. The fourth-order valence-corrected chi connectivity index (χ4v) is 2.58. The van der Waals surface area contributed by atoms with Gasteiger partial charge in [-0.1, -0.05) is 32.1 Å². The van der Waals surface area contributed by atoms with Crippen molar-refractivity contribution in [1.82, 2.24) is 29.5 Å². The first-order chi connectivity index (χ1) is 10.9. The molecule has 0 spiro atoms. The van der Waals surface area contributed by atoms with E-state index < -0.39 is 0 Å². The van der Waals surface area contributed by atoms with Gasteiger partial charge < -0.3 is 4.57 Å². The van der Waals surface area contributed by atoms with Gasteiger partial charge in [-0.3, -0.25) is 4.98 Å². The van der Waals surface area contributed by atoms with Crippen LogP contribution < -0.4 is 0 Å². The molecule has 0 saturated carbocycles. The summed E-state index contributed by atoms with van der Waals surface area (Å²) in [5.41, 5.74) is 2.66. The fraction of sp³-hybridized carbons (Fsp3) is 0.412. The highest BCUT2D eigenvalue weighted by Crippen LogP contribution is 2.32. The number of pyridine rings is 1. The van der Waals surface area contributed by atoms with Crippen LogP contribution in [0.2, 0.25) is 0 Å². The molecule has 6 nitrogen and oxygen atoms in total. The lowest BCUT2D eigenvalue weighted by Crippen LogP contribution is -2.28. The number of hydrogen-bond acceptors (Lipinski definition) is 4. The molecule has 0 amide bonds. The molecular weight excluding hydrogens is 288 g/mol. The number of hydrogen-bond donors (Lipinski definition) is 0. The maximum absolute atomic E-state index is 4.52. The lowest BCUT2D eigenvalue weighted by atomic mass is 9.86. The van der Waals surface area contributed by atoms with E-state index in [4.69, 9.17) is 0 Å². The Hall–Kier alpha value is -2.50. The van der Waals surface area contributed by atoms with E-state index in [1.807, 2.05) is 48.5 Å². The van der Waals surface area contributed by atoms with E-state index in [0.717, 1.165) is 23.6 Å². The van der Waals surface area contributed by atoms with Crippen LogP contribution in [0.5, 0.6) is 0 Å². The first-order valence-electron chi connectivity index (χ1n) is 7.75. The molecule has 0 unspecified atom stereocenters. The summed E-state index contributed by atoms with van der Waals surface area (Å²) >= 11 is 0. The van der Waals surface area contributed by atoms with Crippen LogP contribution >= 0.6 is 0 Å². The first kappa shape index (κ1) is 15.4. The SMILES string of the molecule is Cc1cccc(-c2cn([C@H](Cn3ccnc3)C(C)(C)C)nn2)n1. The zero-order chi connectivity index (χ0) is 16.4. The van der Waals surface area contributed by atoms with E-state index >= 15 is 0 Å². The normalized spacial score (nSPS) is 13.2. The van der Waals surface area contributed by atoms with Crippen LogP contribution in [0.3, 0.4) is 0 Å². The molecule has 3 rings (SSSR count). The van der Waals surface area contributed by atoms with Gasteiger partial charge in [-0.25, -0.2) is 9.67 Å². The highest BCUT2D eigenvalue weighted by atomic mass is 15.4. The summed E-state index contributed by atoms with van der Waals surface area (Å²) in [5, 5.41) is 8.68. The van der Waals surface area contributed by atoms with Crippen LogP contribution in [0.4, 0.5) is 0 Å². The first-order valence-corrected chi connectivity index (χ1v) is 7.75. The second-order valence-corrected chi connectivity index (χ2v) is 6.89. The molecule has 0 aliphatic heterocycles. The standard InChI is InChI=1S/C17H22N6/c1-13-6-5-7-14(19-13)15-10-23(21-20-15)16(17(2,3)4)11-22-9-8-18-12-22/h5-10,12,16H,11H2,1-4H3/t16-/m1/s1. The predicted octanol–water partition coefficient (Wildman–Crippen LogP) is 3.13. The Labute approximate surface area is 136 Å². The van der Waals surface area contributed by atoms with Crippen molar-refractivity contribution in [3.63, 3.8) is 0 Å². The minimum atomic E-state index is 0.0370. The Bertz CT molecular complexity index is 766. The highest BCUT2D eigenvalue weighted by molar-refractivity contribution is 5.52. The Morgan fingerprint density at radius 2 is 2.00 bits per heavy atom. The molecule has 0 aliphatic rings. The summed E-state index contributed by atoms with van der Waals surface area (Å²) in [6, 6.07) is 6.10. The van der Waals surface area contributed by atoms with Gasteiger partial charge in [-0.15, -0.1) is 5.10 Å². The average molecular weight is 310 g/mol. The molecule has 0 bridgehead atoms. The van der Waals surface area contributed by atoms with Crippen LogP contribution in [-0.4, -0.2) is 29.5 Å². The minimum Gasteiger partial charge on any atom is -0.335 e. The summed E-state index contributed by atoms with van der Waals surface area (Å²) in [5.74, 6) is 0. The van der Waals surface area contributed by atoms with Crippen LogP contribution in [-0.2, 0) is 6.54 Å². The zero-order valence-corrected chi connectivity index (χ0v) is 14.0. The lowest BCUT2D eigenvalue weighted by molar-refractivity contribution is 0.196. The molecular formula is C17H22N6. The van der Waals surface area contributed by atoms with Crippen molar-refractivity contribution in [2.24, 2.45) is 5.41 Å². The van der Waals surface area contributed by atoms with E-state index in [9.17, 15) is 0 Å². The quantitative estimate of drug-likeness (QED) is 0.743. The molecule has 3 aromatic heterocycles. The monoisotopic (exact) mass is 310 g/mol. The Morgan fingerprint density at radius 1 is 1.17 bits per heavy atom. The number of imidazole rings is 1. The summed E-state index contributed by atoms with van der Waals surface area (Å²) in [4.78, 5) is 8.64. The lowest BCUT2D eigenvalue weighted by Gasteiger charge is -2.30. The zero-order valence-electron chi connectivity index (χ0n) is 14.0. The van der Waals surface area contributed by atoms with Gasteiger partial charge in [0.05, 0.1) is 24.3 Å². The molecule has 120 valence electrons. The van der Waals surface area contributed by atoms with Gasteiger partial charge in [-0.2, -0.15) is 0 Å². The Morgan fingerprint density at radius 3 is 2.65 bits per heavy atom. The molecule has 0 aromatic carbocycles. The third-order valence-electron chi connectivity index (χ3n) is 3.92. The van der Waals surface area contributed by atoms with E-state index in [-0.39, 0.29) is 11.5 Å². The van der Waals surface area contributed by atoms with Crippen molar-refractivity contribution < 1.29 is 0 Å². The van der Waals surface area contributed by atoms with Crippen LogP contribution in [0, 0.1) is 12.3 Å². The topological polar surface area (TPSA) is 61.4 Å². The van der Waals surface area contributed by atoms with E-state index in [2.05, 4.69) is 45.6 Å². The fourth-order valence-electron chi connectivity index (χ4n) is 2.58. The molecule has 3 heterocycles.